The van der Waals surface area contributed by atoms with E-state index in [2.05, 4.69) is 10.3 Å². The number of hydrogen-bond acceptors (Lipinski definition) is 6. The molecule has 1 aliphatic heterocycles. The topological polar surface area (TPSA) is 60.5 Å². The number of ether oxygens (including phenoxy) is 2. The third-order valence-electron chi connectivity index (χ3n) is 3.58. The molecule has 2 aromatic rings. The highest BCUT2D eigenvalue weighted by molar-refractivity contribution is 8.00. The van der Waals surface area contributed by atoms with Crippen LogP contribution in [0.25, 0.3) is 0 Å². The van der Waals surface area contributed by atoms with Gasteiger partial charge in [-0.05, 0) is 18.4 Å². The zero-order valence-corrected chi connectivity index (χ0v) is 14.7. The van der Waals surface area contributed by atoms with Gasteiger partial charge in [-0.1, -0.05) is 17.8 Å². The van der Waals surface area contributed by atoms with E-state index in [-0.39, 0.29) is 23.9 Å². The first-order chi connectivity index (χ1) is 11.7. The van der Waals surface area contributed by atoms with Crippen LogP contribution in [0.2, 0.25) is 0 Å². The van der Waals surface area contributed by atoms with E-state index in [4.69, 9.17) is 9.47 Å². The monoisotopic (exact) mass is 368 g/mol. The molecule has 3 rings (SSSR count). The average molecular weight is 368 g/mol. The molecule has 0 unspecified atom stereocenters. The first-order valence-electron chi connectivity index (χ1n) is 7.46. The van der Waals surface area contributed by atoms with Crippen molar-refractivity contribution in [2.24, 2.45) is 0 Å². The summed E-state index contributed by atoms with van der Waals surface area (Å²) in [6, 6.07) is 5.68. The summed E-state index contributed by atoms with van der Waals surface area (Å²) in [6.45, 7) is 0.894. The summed E-state index contributed by atoms with van der Waals surface area (Å²) >= 11 is 2.93. The second-order valence-corrected chi connectivity index (χ2v) is 7.17. The molecule has 0 bridgehead atoms. The standard InChI is InChI=1S/C16H17FN2O3S2/c1-23-16-19-13(9-24-16)15(20)18-12-8-21-6-5-14(12)22-11-4-2-3-10(17)7-11/h2-4,7,9,12,14H,5-6,8H2,1H3,(H,18,20)/t12-,14+/m1/s1. The maximum atomic E-state index is 13.3. The van der Waals surface area contributed by atoms with E-state index in [1.165, 1.54) is 35.2 Å². The second-order valence-electron chi connectivity index (χ2n) is 5.26. The predicted molar refractivity (Wildman–Crippen MR) is 91.4 cm³/mol. The zero-order chi connectivity index (χ0) is 16.9. The molecule has 0 aliphatic carbocycles. The van der Waals surface area contributed by atoms with Gasteiger partial charge >= 0.3 is 0 Å². The van der Waals surface area contributed by atoms with Crippen LogP contribution < -0.4 is 10.1 Å². The van der Waals surface area contributed by atoms with Gasteiger partial charge in [0, 0.05) is 17.9 Å². The molecule has 0 radical (unpaired) electrons. The minimum absolute atomic E-state index is 0.255. The van der Waals surface area contributed by atoms with E-state index in [1.807, 2.05) is 6.26 Å². The quantitative estimate of drug-likeness (QED) is 0.822. The summed E-state index contributed by atoms with van der Waals surface area (Å²) in [5, 5.41) is 4.64. The lowest BCUT2D eigenvalue weighted by atomic mass is 10.1. The first-order valence-corrected chi connectivity index (χ1v) is 9.56. The summed E-state index contributed by atoms with van der Waals surface area (Å²) < 4.78 is 25.4. The summed E-state index contributed by atoms with van der Waals surface area (Å²) in [7, 11) is 0. The Kier molecular flexibility index (Phi) is 5.70. The van der Waals surface area contributed by atoms with Crippen LogP contribution in [-0.2, 0) is 4.74 Å². The number of amides is 1. The number of nitrogens with one attached hydrogen (secondary N) is 1. The summed E-state index contributed by atoms with van der Waals surface area (Å²) in [6.07, 6.45) is 2.26. The molecule has 128 valence electrons. The van der Waals surface area contributed by atoms with Crippen LogP contribution in [0, 0.1) is 5.82 Å². The minimum Gasteiger partial charge on any atom is -0.488 e. The molecule has 2 heterocycles. The van der Waals surface area contributed by atoms with Crippen LogP contribution in [0.5, 0.6) is 5.75 Å². The molecule has 1 saturated heterocycles. The Morgan fingerprint density at radius 3 is 3.17 bits per heavy atom. The largest absolute Gasteiger partial charge is 0.488 e. The number of carbonyl (C=O) groups excluding carboxylic acids is 1. The highest BCUT2D eigenvalue weighted by atomic mass is 32.2. The number of carbonyl (C=O) groups is 1. The number of nitrogens with zero attached hydrogens (tertiary/aromatic N) is 1. The van der Waals surface area contributed by atoms with E-state index >= 15 is 0 Å². The molecule has 0 saturated carbocycles. The third kappa shape index (κ3) is 4.25. The third-order valence-corrected chi connectivity index (χ3v) is 5.45. The highest BCUT2D eigenvalue weighted by Crippen LogP contribution is 2.21. The van der Waals surface area contributed by atoms with Gasteiger partial charge < -0.3 is 14.8 Å². The number of hydrogen-bond donors (Lipinski definition) is 1. The van der Waals surface area contributed by atoms with Gasteiger partial charge in [0.25, 0.3) is 5.91 Å². The van der Waals surface area contributed by atoms with Gasteiger partial charge in [0.1, 0.15) is 27.7 Å². The van der Waals surface area contributed by atoms with Crippen LogP contribution in [0.15, 0.2) is 34.0 Å². The number of rotatable bonds is 5. The Labute approximate surface area is 147 Å². The number of aromatic nitrogens is 1. The first kappa shape index (κ1) is 17.2. The molecule has 1 N–H and O–H groups in total. The number of benzene rings is 1. The van der Waals surface area contributed by atoms with Crippen molar-refractivity contribution in [2.45, 2.75) is 22.9 Å². The summed E-state index contributed by atoms with van der Waals surface area (Å²) in [5.41, 5.74) is 0.388. The molecule has 24 heavy (non-hydrogen) atoms. The van der Waals surface area contributed by atoms with Crippen molar-refractivity contribution in [3.8, 4) is 5.75 Å². The number of thiazole rings is 1. The van der Waals surface area contributed by atoms with Gasteiger partial charge in [-0.3, -0.25) is 4.79 Å². The number of thioether (sulfide) groups is 1. The Bertz CT molecular complexity index is 710. The van der Waals surface area contributed by atoms with Gasteiger partial charge in [-0.2, -0.15) is 0 Å². The maximum absolute atomic E-state index is 13.3. The molecule has 1 aromatic heterocycles. The van der Waals surface area contributed by atoms with Gasteiger partial charge in [0.05, 0.1) is 19.3 Å². The molecule has 2 atom stereocenters. The molecule has 8 heteroatoms. The SMILES string of the molecule is CSc1nc(C(=O)N[C@@H]2COCC[C@@H]2Oc2cccc(F)c2)cs1. The minimum atomic E-state index is -0.354. The zero-order valence-electron chi connectivity index (χ0n) is 13.0. The van der Waals surface area contributed by atoms with Crippen LogP contribution in [-0.4, -0.2) is 42.5 Å². The molecule has 0 spiro atoms. The van der Waals surface area contributed by atoms with E-state index in [0.29, 0.717) is 31.1 Å². The van der Waals surface area contributed by atoms with E-state index in [9.17, 15) is 9.18 Å². The van der Waals surface area contributed by atoms with E-state index in [0.717, 1.165) is 4.34 Å². The molecular formula is C16H17FN2O3S2. The molecule has 1 fully saturated rings. The second kappa shape index (κ2) is 7.96. The lowest BCUT2D eigenvalue weighted by Crippen LogP contribution is -2.51. The molecule has 1 aliphatic rings. The Hall–Kier alpha value is -1.64. The molecular weight excluding hydrogens is 351 g/mol. The van der Waals surface area contributed by atoms with Crippen LogP contribution in [0.4, 0.5) is 4.39 Å². The highest BCUT2D eigenvalue weighted by Gasteiger charge is 2.30. The van der Waals surface area contributed by atoms with E-state index < -0.39 is 0 Å². The summed E-state index contributed by atoms with van der Waals surface area (Å²) in [4.78, 5) is 16.6. The molecule has 5 nitrogen and oxygen atoms in total. The number of halogens is 1. The van der Waals surface area contributed by atoms with Crippen molar-refractivity contribution in [2.75, 3.05) is 19.5 Å². The van der Waals surface area contributed by atoms with Crippen molar-refractivity contribution in [1.29, 1.82) is 0 Å². The van der Waals surface area contributed by atoms with Gasteiger partial charge in [-0.15, -0.1) is 11.3 Å². The van der Waals surface area contributed by atoms with Crippen molar-refractivity contribution in [1.82, 2.24) is 10.3 Å². The van der Waals surface area contributed by atoms with Crippen molar-refractivity contribution in [3.63, 3.8) is 0 Å². The van der Waals surface area contributed by atoms with Gasteiger partial charge in [-0.25, -0.2) is 9.37 Å². The van der Waals surface area contributed by atoms with Crippen molar-refractivity contribution >= 4 is 29.0 Å². The normalized spacial score (nSPS) is 20.6. The Morgan fingerprint density at radius 1 is 1.54 bits per heavy atom. The Morgan fingerprint density at radius 2 is 2.42 bits per heavy atom. The van der Waals surface area contributed by atoms with Crippen LogP contribution >= 0.6 is 23.1 Å². The lowest BCUT2D eigenvalue weighted by Gasteiger charge is -2.32. The fourth-order valence-corrected chi connectivity index (χ4v) is 3.65. The fourth-order valence-electron chi connectivity index (χ4n) is 2.41. The smallest absolute Gasteiger partial charge is 0.271 e. The van der Waals surface area contributed by atoms with Crippen molar-refractivity contribution in [3.05, 3.63) is 41.2 Å². The van der Waals surface area contributed by atoms with Crippen LogP contribution in [0.1, 0.15) is 16.9 Å². The van der Waals surface area contributed by atoms with E-state index in [1.54, 1.807) is 17.5 Å². The lowest BCUT2D eigenvalue weighted by molar-refractivity contribution is -0.00303. The predicted octanol–water partition coefficient (Wildman–Crippen LogP) is 2.97. The maximum Gasteiger partial charge on any atom is 0.271 e. The van der Waals surface area contributed by atoms with Gasteiger partial charge in [0.15, 0.2) is 0 Å². The average Bonchev–Trinajstić information content (AvgIpc) is 3.06. The molecule has 1 aromatic carbocycles. The Balaban J connectivity index is 1.66. The van der Waals surface area contributed by atoms with Gasteiger partial charge in [0.2, 0.25) is 0 Å². The van der Waals surface area contributed by atoms with Crippen LogP contribution in [0.3, 0.4) is 0 Å². The molecule has 1 amide bonds. The van der Waals surface area contributed by atoms with Crippen molar-refractivity contribution < 1.29 is 18.7 Å². The summed E-state index contributed by atoms with van der Waals surface area (Å²) in [5.74, 6) is -0.165. The fraction of sp³-hybridized carbons (Fsp3) is 0.375.